The first-order chi connectivity index (χ1) is 13.7. The first-order valence-corrected chi connectivity index (χ1v) is 9.48. The van der Waals surface area contributed by atoms with Gasteiger partial charge in [0.2, 0.25) is 5.91 Å². The molecule has 1 heterocycles. The Labute approximate surface area is 168 Å². The fourth-order valence-electron chi connectivity index (χ4n) is 2.63. The molecule has 0 saturated carbocycles. The summed E-state index contributed by atoms with van der Waals surface area (Å²) in [6, 6.07) is 10.7. The van der Waals surface area contributed by atoms with E-state index in [9.17, 15) is 27.6 Å². The van der Waals surface area contributed by atoms with Gasteiger partial charge in [-0.1, -0.05) is 36.0 Å². The van der Waals surface area contributed by atoms with Crippen molar-refractivity contribution in [1.82, 2.24) is 10.2 Å². The van der Waals surface area contributed by atoms with Crippen LogP contribution in [0.1, 0.15) is 16.7 Å². The van der Waals surface area contributed by atoms with Crippen LogP contribution in [0.5, 0.6) is 0 Å². The molecule has 0 atom stereocenters. The summed E-state index contributed by atoms with van der Waals surface area (Å²) in [5.41, 5.74) is 0.733. The predicted octanol–water partition coefficient (Wildman–Crippen LogP) is 4.22. The van der Waals surface area contributed by atoms with Crippen LogP contribution in [0.2, 0.25) is 0 Å². The van der Waals surface area contributed by atoms with E-state index in [1.165, 1.54) is 12.1 Å². The number of carbonyl (C=O) groups excluding carboxylic acids is 3. The molecule has 2 aromatic rings. The first kappa shape index (κ1) is 20.7. The Hall–Kier alpha value is -3.01. The van der Waals surface area contributed by atoms with E-state index >= 15 is 0 Å². The number of carbonyl (C=O) groups is 3. The van der Waals surface area contributed by atoms with Gasteiger partial charge in [0.1, 0.15) is 0 Å². The number of imide groups is 1. The molecule has 0 spiro atoms. The van der Waals surface area contributed by atoms with Crippen molar-refractivity contribution in [3.05, 3.63) is 65.2 Å². The number of alkyl halides is 3. The average molecular weight is 423 g/mol. The lowest BCUT2D eigenvalue weighted by Crippen LogP contribution is -2.28. The van der Waals surface area contributed by atoms with Gasteiger partial charge in [-0.2, -0.15) is 13.2 Å². The van der Waals surface area contributed by atoms with E-state index in [0.29, 0.717) is 11.3 Å². The molecule has 0 bridgehead atoms. The van der Waals surface area contributed by atoms with E-state index in [-0.39, 0.29) is 30.0 Å². The molecule has 4 amide bonds. The zero-order chi connectivity index (χ0) is 21.0. The summed E-state index contributed by atoms with van der Waals surface area (Å²) in [5.74, 6) is -0.0963. The van der Waals surface area contributed by atoms with Gasteiger partial charge in [-0.15, -0.1) is 0 Å². The normalized spacial score (nSPS) is 14.2. The highest BCUT2D eigenvalue weighted by Gasteiger charge is 2.30. The Bertz CT molecular complexity index is 916. The summed E-state index contributed by atoms with van der Waals surface area (Å²) in [4.78, 5) is 36.4. The zero-order valence-electron chi connectivity index (χ0n) is 15.0. The molecule has 1 aliphatic rings. The maximum absolute atomic E-state index is 12.7. The minimum Gasteiger partial charge on any atom is -0.334 e. The molecule has 29 heavy (non-hydrogen) atoms. The molecule has 0 aliphatic carbocycles. The Morgan fingerprint density at radius 2 is 1.79 bits per heavy atom. The van der Waals surface area contributed by atoms with Gasteiger partial charge in [-0.05, 0) is 35.4 Å². The van der Waals surface area contributed by atoms with Crippen molar-refractivity contribution in [2.75, 3.05) is 11.1 Å². The molecule has 2 N–H and O–H groups in total. The van der Waals surface area contributed by atoms with E-state index in [4.69, 9.17) is 0 Å². The van der Waals surface area contributed by atoms with Gasteiger partial charge in [0.15, 0.2) is 0 Å². The number of amides is 4. The van der Waals surface area contributed by atoms with Crippen LogP contribution in [-0.4, -0.2) is 27.8 Å². The number of urea groups is 1. The number of nitrogens with one attached hydrogen (secondary N) is 2. The van der Waals surface area contributed by atoms with Gasteiger partial charge in [0.05, 0.1) is 17.9 Å². The molecule has 3 rings (SSSR count). The lowest BCUT2D eigenvalue weighted by atomic mass is 10.1. The largest absolute Gasteiger partial charge is 0.416 e. The smallest absolute Gasteiger partial charge is 0.334 e. The van der Waals surface area contributed by atoms with Crippen LogP contribution in [0, 0.1) is 0 Å². The van der Waals surface area contributed by atoms with Gasteiger partial charge < -0.3 is 10.6 Å². The molecule has 152 valence electrons. The van der Waals surface area contributed by atoms with E-state index < -0.39 is 17.8 Å². The first-order valence-electron chi connectivity index (χ1n) is 8.49. The molecule has 1 fully saturated rings. The highest BCUT2D eigenvalue weighted by atomic mass is 32.2. The van der Waals surface area contributed by atoms with Gasteiger partial charge in [-0.3, -0.25) is 14.5 Å². The Kier molecular flexibility index (Phi) is 6.12. The molecular weight excluding hydrogens is 407 g/mol. The van der Waals surface area contributed by atoms with Crippen molar-refractivity contribution >= 4 is 34.6 Å². The number of hydrogen-bond acceptors (Lipinski definition) is 4. The number of benzene rings is 2. The average Bonchev–Trinajstić information content (AvgIpc) is 2.99. The summed E-state index contributed by atoms with van der Waals surface area (Å²) >= 11 is 0.960. The van der Waals surface area contributed by atoms with Crippen molar-refractivity contribution < 1.29 is 27.6 Å². The summed E-state index contributed by atoms with van der Waals surface area (Å²) in [6.45, 7) is 0.0946. The summed E-state index contributed by atoms with van der Waals surface area (Å²) in [6.07, 6.45) is -4.44. The lowest BCUT2D eigenvalue weighted by Gasteiger charge is -2.13. The fourth-order valence-corrected chi connectivity index (χ4v) is 3.35. The molecule has 10 heteroatoms. The van der Waals surface area contributed by atoms with E-state index in [2.05, 4.69) is 10.6 Å². The Balaban J connectivity index is 1.52. The van der Waals surface area contributed by atoms with E-state index in [1.807, 2.05) is 0 Å². The third-order valence-corrected chi connectivity index (χ3v) is 4.96. The summed E-state index contributed by atoms with van der Waals surface area (Å²) in [5, 5.41) is 4.78. The number of rotatable bonds is 5. The highest BCUT2D eigenvalue weighted by molar-refractivity contribution is 8.14. The second-order valence-corrected chi connectivity index (χ2v) is 7.16. The topological polar surface area (TPSA) is 78.5 Å². The quantitative estimate of drug-likeness (QED) is 0.755. The number of halogens is 3. The number of hydrogen-bond donors (Lipinski definition) is 2. The maximum atomic E-state index is 12.7. The fraction of sp³-hybridized carbons (Fsp3) is 0.211. The van der Waals surface area contributed by atoms with Crippen LogP contribution in [-0.2, 0) is 24.1 Å². The minimum atomic E-state index is -4.44. The molecule has 2 aromatic carbocycles. The number of thioether (sulfide) groups is 1. The van der Waals surface area contributed by atoms with Gasteiger partial charge >= 0.3 is 12.2 Å². The van der Waals surface area contributed by atoms with E-state index in [0.717, 1.165) is 34.4 Å². The SMILES string of the molecule is O=C(NCc1cccc(C(F)(F)F)c1)Nc1ccc(CN2C(=O)CSC2=O)cc1. The van der Waals surface area contributed by atoms with Crippen molar-refractivity contribution in [2.24, 2.45) is 0 Å². The van der Waals surface area contributed by atoms with Crippen molar-refractivity contribution in [3.8, 4) is 0 Å². The Morgan fingerprint density at radius 1 is 1.07 bits per heavy atom. The van der Waals surface area contributed by atoms with Crippen LogP contribution in [0.3, 0.4) is 0 Å². The predicted molar refractivity (Wildman–Crippen MR) is 102 cm³/mol. The molecule has 1 aliphatic heterocycles. The molecule has 1 saturated heterocycles. The van der Waals surface area contributed by atoms with Crippen molar-refractivity contribution in [1.29, 1.82) is 0 Å². The third kappa shape index (κ3) is 5.50. The van der Waals surface area contributed by atoms with Crippen LogP contribution >= 0.6 is 11.8 Å². The van der Waals surface area contributed by atoms with Crippen LogP contribution < -0.4 is 10.6 Å². The monoisotopic (exact) mass is 423 g/mol. The summed E-state index contributed by atoms with van der Waals surface area (Å²) < 4.78 is 38.1. The van der Waals surface area contributed by atoms with Crippen molar-refractivity contribution in [2.45, 2.75) is 19.3 Å². The number of nitrogens with zero attached hydrogens (tertiary/aromatic N) is 1. The van der Waals surface area contributed by atoms with Gasteiger partial charge in [0, 0.05) is 12.2 Å². The van der Waals surface area contributed by atoms with Gasteiger partial charge in [0.25, 0.3) is 5.24 Å². The molecule has 0 unspecified atom stereocenters. The van der Waals surface area contributed by atoms with Crippen LogP contribution in [0.15, 0.2) is 48.5 Å². The molecule has 6 nitrogen and oxygen atoms in total. The van der Waals surface area contributed by atoms with Gasteiger partial charge in [-0.25, -0.2) is 4.79 Å². The Morgan fingerprint density at radius 3 is 2.41 bits per heavy atom. The second-order valence-electron chi connectivity index (χ2n) is 6.24. The lowest BCUT2D eigenvalue weighted by molar-refractivity contribution is -0.137. The van der Waals surface area contributed by atoms with Crippen LogP contribution in [0.4, 0.5) is 28.4 Å². The van der Waals surface area contributed by atoms with Crippen molar-refractivity contribution in [3.63, 3.8) is 0 Å². The zero-order valence-corrected chi connectivity index (χ0v) is 15.8. The standard InChI is InChI=1S/C19H16F3N3O3S/c20-19(21,22)14-3-1-2-13(8-14)9-23-17(27)24-15-6-4-12(5-7-15)10-25-16(26)11-29-18(25)28/h1-8H,9-11H2,(H2,23,24,27). The third-order valence-electron chi connectivity index (χ3n) is 4.10. The second kappa shape index (κ2) is 8.56. The van der Waals surface area contributed by atoms with E-state index in [1.54, 1.807) is 24.3 Å². The molecular formula is C19H16F3N3O3S. The molecule has 0 radical (unpaired) electrons. The summed E-state index contributed by atoms with van der Waals surface area (Å²) in [7, 11) is 0. The highest BCUT2D eigenvalue weighted by Crippen LogP contribution is 2.29. The minimum absolute atomic E-state index is 0.0648. The molecule has 0 aromatic heterocycles. The maximum Gasteiger partial charge on any atom is 0.416 e. The number of anilines is 1. The van der Waals surface area contributed by atoms with Crippen LogP contribution in [0.25, 0.3) is 0 Å².